The van der Waals surface area contributed by atoms with E-state index in [2.05, 4.69) is 31.0 Å². The van der Waals surface area contributed by atoms with Crippen LogP contribution in [0.25, 0.3) is 0 Å². The largest absolute Gasteiger partial charge is 0.508 e. The molecule has 50 valence electrons. The van der Waals surface area contributed by atoms with Crippen molar-refractivity contribution >= 4 is 39.0 Å². The van der Waals surface area contributed by atoms with Crippen LogP contribution in [0.15, 0.2) is 24.3 Å². The lowest BCUT2D eigenvalue weighted by atomic mass is 10.3. The fourth-order valence-electron chi connectivity index (χ4n) is 0.813. The summed E-state index contributed by atoms with van der Waals surface area (Å²) in [7, 11) is 1.72. The summed E-state index contributed by atoms with van der Waals surface area (Å²) >= 11 is 2.36. The third-order valence-corrected chi connectivity index (χ3v) is 4.67. The molecular formula is C7H7IMgO. The Bertz CT molecular complexity index is 192. The highest BCUT2D eigenvalue weighted by atomic mass is 127. The van der Waals surface area contributed by atoms with Gasteiger partial charge in [-0.2, -0.15) is 0 Å². The number of rotatable bonds is 2. The van der Waals surface area contributed by atoms with Gasteiger partial charge in [-0.3, -0.25) is 18.9 Å². The normalized spacial score (nSPS) is 8.60. The Labute approximate surface area is 80.3 Å². The topological polar surface area (TPSA) is 9.23 Å². The Balaban J connectivity index is 2.96. The van der Waals surface area contributed by atoms with Gasteiger partial charge < -0.3 is 4.74 Å². The highest BCUT2D eigenvalue weighted by Crippen LogP contribution is 2.04. The molecule has 0 spiro atoms. The zero-order valence-electron chi connectivity index (χ0n) is 5.80. The average molecular weight is 258 g/mol. The maximum absolute atomic E-state index is 5.17. The number of para-hydroxylation sites is 1. The Morgan fingerprint density at radius 3 is 2.60 bits per heavy atom. The van der Waals surface area contributed by atoms with Gasteiger partial charge in [-0.15, -0.1) is 3.69 Å². The minimum absolute atomic E-state index is 0.104. The number of halogens is 1. The van der Waals surface area contributed by atoms with E-state index in [1.165, 1.54) is 3.69 Å². The van der Waals surface area contributed by atoms with Gasteiger partial charge in [-0.1, -0.05) is 18.2 Å². The van der Waals surface area contributed by atoms with E-state index in [-0.39, 0.29) is 16.5 Å². The van der Waals surface area contributed by atoms with Gasteiger partial charge in [0.1, 0.15) is 0 Å². The molecule has 1 aromatic rings. The molecule has 0 aliphatic rings. The van der Waals surface area contributed by atoms with Gasteiger partial charge in [0.25, 0.3) is 0 Å². The van der Waals surface area contributed by atoms with Crippen molar-refractivity contribution in [2.45, 2.75) is 0 Å². The highest BCUT2D eigenvalue weighted by molar-refractivity contribution is 14.1. The van der Waals surface area contributed by atoms with E-state index in [4.69, 9.17) is 4.74 Å². The highest BCUT2D eigenvalue weighted by Gasteiger charge is 2.00. The summed E-state index contributed by atoms with van der Waals surface area (Å²) in [6, 6.07) is 8.21. The van der Waals surface area contributed by atoms with Crippen LogP contribution in [0.2, 0.25) is 0 Å². The first-order chi connectivity index (χ1) is 4.88. The molecule has 0 saturated heterocycles. The molecule has 1 aromatic carbocycles. The van der Waals surface area contributed by atoms with Crippen LogP contribution in [0.3, 0.4) is 0 Å². The lowest BCUT2D eigenvalue weighted by molar-refractivity contribution is 0.418. The summed E-state index contributed by atoms with van der Waals surface area (Å²) in [5.41, 5.74) is 0. The lowest BCUT2D eigenvalue weighted by Gasteiger charge is -2.03. The van der Waals surface area contributed by atoms with Crippen LogP contribution < -0.4 is 8.43 Å². The molecule has 0 heterocycles. The molecule has 0 fully saturated rings. The maximum Gasteiger partial charge on any atom is 0.508 e. The number of ether oxygens (including phenoxy) is 1. The van der Waals surface area contributed by atoms with Crippen LogP contribution in [0.5, 0.6) is 5.75 Å². The minimum Gasteiger partial charge on any atom is -0.499 e. The summed E-state index contributed by atoms with van der Waals surface area (Å²) in [4.78, 5) is 0. The lowest BCUT2D eigenvalue weighted by Crippen LogP contribution is -2.10. The second-order valence-electron chi connectivity index (χ2n) is 1.95. The van der Waals surface area contributed by atoms with Crippen molar-refractivity contribution in [3.05, 3.63) is 24.3 Å². The summed E-state index contributed by atoms with van der Waals surface area (Å²) < 4.78 is 6.56. The summed E-state index contributed by atoms with van der Waals surface area (Å²) in [5, 5.41) is 0. The van der Waals surface area contributed by atoms with Crippen LogP contribution in [0.4, 0.5) is 0 Å². The van der Waals surface area contributed by atoms with Crippen molar-refractivity contribution < 1.29 is 4.74 Å². The molecular weight excluding hydrogens is 251 g/mol. The maximum atomic E-state index is 5.17. The summed E-state index contributed by atoms with van der Waals surface area (Å²) in [6.45, 7) is 0. The van der Waals surface area contributed by atoms with E-state index in [0.29, 0.717) is 0 Å². The number of hydrogen-bond acceptors (Lipinski definition) is 1. The molecule has 0 saturated carbocycles. The molecule has 0 aliphatic heterocycles. The molecule has 1 nitrogen and oxygen atoms in total. The number of methoxy groups -OCH3 is 1. The van der Waals surface area contributed by atoms with Gasteiger partial charge in [0.05, 0.1) is 12.9 Å². The first-order valence-corrected chi connectivity index (χ1v) is 8.88. The molecule has 0 bridgehead atoms. The van der Waals surface area contributed by atoms with E-state index in [9.17, 15) is 0 Å². The third kappa shape index (κ3) is 2.00. The van der Waals surface area contributed by atoms with Gasteiger partial charge in [-0.25, -0.2) is 0 Å². The first-order valence-electron chi connectivity index (χ1n) is 3.06. The van der Waals surface area contributed by atoms with E-state index in [1.54, 1.807) is 7.11 Å². The van der Waals surface area contributed by atoms with Gasteiger partial charge >= 0.3 is 16.5 Å². The fourth-order valence-corrected chi connectivity index (χ4v) is 3.32. The van der Waals surface area contributed by atoms with Gasteiger partial charge in [0.2, 0.25) is 0 Å². The van der Waals surface area contributed by atoms with Crippen molar-refractivity contribution in [3.8, 4) is 5.75 Å². The van der Waals surface area contributed by atoms with Crippen LogP contribution in [0, 0.1) is 0 Å². The second-order valence-corrected chi connectivity index (χ2v) is 5.26. The molecule has 3 heteroatoms. The van der Waals surface area contributed by atoms with E-state index < -0.39 is 0 Å². The van der Waals surface area contributed by atoms with Crippen molar-refractivity contribution in [2.75, 3.05) is 7.11 Å². The predicted molar refractivity (Wildman–Crippen MR) is 52.4 cm³/mol. The van der Waals surface area contributed by atoms with Gasteiger partial charge in [0, 0.05) is 0 Å². The molecule has 1 rings (SSSR count). The summed E-state index contributed by atoms with van der Waals surface area (Å²) in [6.07, 6.45) is 0. The quantitative estimate of drug-likeness (QED) is 0.575. The molecule has 0 atom stereocenters. The third-order valence-electron chi connectivity index (χ3n) is 1.34. The minimum atomic E-state index is -0.104. The Morgan fingerprint density at radius 1 is 1.40 bits per heavy atom. The SMILES string of the molecule is COc1cccc[c]1[Mg][I]. The van der Waals surface area contributed by atoms with Crippen molar-refractivity contribution in [3.63, 3.8) is 0 Å². The van der Waals surface area contributed by atoms with Crippen LogP contribution in [-0.4, -0.2) is 23.6 Å². The zero-order chi connectivity index (χ0) is 7.40. The fraction of sp³-hybridized carbons (Fsp3) is 0.143. The van der Waals surface area contributed by atoms with Gasteiger partial charge in [-0.05, 0) is 6.07 Å². The zero-order valence-corrected chi connectivity index (χ0v) is 9.37. The molecule has 0 unspecified atom stereocenters. The van der Waals surface area contributed by atoms with Crippen LogP contribution in [-0.2, 0) is 0 Å². The van der Waals surface area contributed by atoms with E-state index in [0.717, 1.165) is 5.75 Å². The monoisotopic (exact) mass is 258 g/mol. The molecule has 0 aromatic heterocycles. The molecule has 0 N–H and O–H groups in total. The molecule has 0 radical (unpaired) electrons. The average Bonchev–Trinajstić information content (AvgIpc) is 2.04. The van der Waals surface area contributed by atoms with Crippen molar-refractivity contribution in [1.82, 2.24) is 0 Å². The molecule has 0 aliphatic carbocycles. The molecule has 10 heavy (non-hydrogen) atoms. The summed E-state index contributed by atoms with van der Waals surface area (Å²) in [5.74, 6) is 1.04. The van der Waals surface area contributed by atoms with Crippen molar-refractivity contribution in [2.24, 2.45) is 0 Å². The first kappa shape index (κ1) is 8.61. The smallest absolute Gasteiger partial charge is 0.499 e. The Hall–Kier alpha value is 0.516. The standard InChI is InChI=1S/C7H7O.HI.Mg/c1-8-7-5-3-2-4-6-7;;/h2-5H,1H3;1H;/q;;+1/p-1. The van der Waals surface area contributed by atoms with E-state index >= 15 is 0 Å². The van der Waals surface area contributed by atoms with Crippen molar-refractivity contribution in [1.29, 1.82) is 0 Å². The van der Waals surface area contributed by atoms with E-state index in [1.807, 2.05) is 12.1 Å². The second kappa shape index (κ2) is 4.41. The number of hydrogen-bond donors (Lipinski definition) is 0. The molecule has 0 amide bonds. The number of benzene rings is 1. The van der Waals surface area contributed by atoms with Gasteiger partial charge in [0.15, 0.2) is 0 Å². The predicted octanol–water partition coefficient (Wildman–Crippen LogP) is 1.37. The Kier molecular flexibility index (Phi) is 3.79. The van der Waals surface area contributed by atoms with Crippen LogP contribution >= 0.6 is 18.9 Å². The Morgan fingerprint density at radius 2 is 2.10 bits per heavy atom. The van der Waals surface area contributed by atoms with Crippen LogP contribution in [0.1, 0.15) is 0 Å².